The molecule has 1 atom stereocenters. The first-order chi connectivity index (χ1) is 18.2. The van der Waals surface area contributed by atoms with Gasteiger partial charge in [0.25, 0.3) is 0 Å². The lowest BCUT2D eigenvalue weighted by molar-refractivity contribution is -0.137. The second-order valence-corrected chi connectivity index (χ2v) is 10.9. The summed E-state index contributed by atoms with van der Waals surface area (Å²) in [6.07, 6.45) is -1.27. The van der Waals surface area contributed by atoms with E-state index < -0.39 is 27.8 Å². The van der Waals surface area contributed by atoms with Gasteiger partial charge in [-0.05, 0) is 48.0 Å². The number of para-hydroxylation sites is 2. The number of sulfonamides is 1. The average molecular weight is 543 g/mol. The molecule has 0 bridgehead atoms. The molecule has 7 nitrogen and oxygen atoms in total. The van der Waals surface area contributed by atoms with Crippen LogP contribution in [0.15, 0.2) is 96.3 Å². The molecule has 0 radical (unpaired) electrons. The molecule has 0 spiro atoms. The number of hydrogen-bond acceptors (Lipinski definition) is 5. The predicted octanol–water partition coefficient (Wildman–Crippen LogP) is 5.09. The Kier molecular flexibility index (Phi) is 7.13. The van der Waals surface area contributed by atoms with Crippen molar-refractivity contribution in [2.75, 3.05) is 18.1 Å². The van der Waals surface area contributed by atoms with Crippen LogP contribution in [0.4, 0.5) is 18.9 Å². The van der Waals surface area contributed by atoms with Gasteiger partial charge in [-0.3, -0.25) is 0 Å². The van der Waals surface area contributed by atoms with Gasteiger partial charge >= 0.3 is 6.18 Å². The number of ether oxygens (including phenoxy) is 1. The number of fused-ring (bicyclic) bond motifs is 1. The van der Waals surface area contributed by atoms with Crippen LogP contribution in [0.25, 0.3) is 0 Å². The quantitative estimate of drug-likeness (QED) is 0.352. The Morgan fingerprint density at radius 2 is 1.68 bits per heavy atom. The molecule has 0 saturated carbocycles. The monoisotopic (exact) mass is 542 g/mol. The van der Waals surface area contributed by atoms with Gasteiger partial charge in [0.2, 0.25) is 10.0 Å². The van der Waals surface area contributed by atoms with Crippen LogP contribution in [0.5, 0.6) is 5.75 Å². The summed E-state index contributed by atoms with van der Waals surface area (Å²) in [4.78, 5) is 9.08. The lowest BCUT2D eigenvalue weighted by atomic mass is 10.1. The second kappa shape index (κ2) is 10.5. The summed E-state index contributed by atoms with van der Waals surface area (Å²) >= 11 is 0. The van der Waals surface area contributed by atoms with Crippen LogP contribution < -0.4 is 9.64 Å². The second-order valence-electron chi connectivity index (χ2n) is 8.93. The maximum Gasteiger partial charge on any atom is 0.416 e. The summed E-state index contributed by atoms with van der Waals surface area (Å²) < 4.78 is 74.1. The molecule has 1 aliphatic heterocycles. The van der Waals surface area contributed by atoms with Crippen LogP contribution in [0.3, 0.4) is 0 Å². The van der Waals surface area contributed by atoms with Crippen LogP contribution in [0.2, 0.25) is 0 Å². The molecule has 11 heteroatoms. The normalized spacial score (nSPS) is 16.6. The number of hydrogen-bond donors (Lipinski definition) is 1. The number of alkyl halides is 3. The highest BCUT2D eigenvalue weighted by atomic mass is 32.2. The Hall–Kier alpha value is -3.83. The van der Waals surface area contributed by atoms with E-state index in [9.17, 15) is 21.6 Å². The van der Waals surface area contributed by atoms with Crippen LogP contribution in [0, 0.1) is 0 Å². The number of anilines is 1. The van der Waals surface area contributed by atoms with E-state index in [1.54, 1.807) is 12.5 Å². The zero-order chi connectivity index (χ0) is 26.8. The molecule has 3 aromatic carbocycles. The number of imidazole rings is 1. The fraction of sp³-hybridized carbons (Fsp3) is 0.222. The van der Waals surface area contributed by atoms with Gasteiger partial charge in [-0.25, -0.2) is 13.4 Å². The first-order valence-electron chi connectivity index (χ1n) is 11.9. The van der Waals surface area contributed by atoms with E-state index >= 15 is 0 Å². The maximum absolute atomic E-state index is 13.7. The highest BCUT2D eigenvalue weighted by Crippen LogP contribution is 2.34. The van der Waals surface area contributed by atoms with Gasteiger partial charge in [-0.15, -0.1) is 0 Å². The molecule has 2 heterocycles. The predicted molar refractivity (Wildman–Crippen MR) is 136 cm³/mol. The number of aromatic amines is 1. The molecule has 4 aromatic rings. The topological polar surface area (TPSA) is 78.5 Å². The third-order valence-corrected chi connectivity index (χ3v) is 8.23. The Morgan fingerprint density at radius 3 is 2.37 bits per heavy atom. The van der Waals surface area contributed by atoms with Crippen molar-refractivity contribution in [1.29, 1.82) is 0 Å². The standard InChI is InChI=1S/C27H25F3N4O3S/c28-27(29,30)21-10-12-25(13-11-21)38(35,36)33-15-20-6-4-5-9-26(20)34(16-22-14-31-19-32-22)23(17-33)18-37-24-7-2-1-3-8-24/h1-14,19,23H,15-18H2,(H,31,32)/t23-/m1/s1. The fourth-order valence-corrected chi connectivity index (χ4v) is 5.93. The molecule has 0 aliphatic carbocycles. The number of nitrogens with one attached hydrogen (secondary N) is 1. The number of rotatable bonds is 7. The lowest BCUT2D eigenvalue weighted by Gasteiger charge is -2.33. The van der Waals surface area contributed by atoms with Gasteiger partial charge < -0.3 is 14.6 Å². The van der Waals surface area contributed by atoms with Crippen molar-refractivity contribution in [3.05, 3.63) is 108 Å². The van der Waals surface area contributed by atoms with E-state index in [0.29, 0.717) is 12.3 Å². The third-order valence-electron chi connectivity index (χ3n) is 6.40. The van der Waals surface area contributed by atoms with Gasteiger partial charge in [0.15, 0.2) is 0 Å². The number of benzene rings is 3. The van der Waals surface area contributed by atoms with E-state index in [2.05, 4.69) is 14.9 Å². The van der Waals surface area contributed by atoms with Gasteiger partial charge in [0, 0.05) is 25.0 Å². The van der Waals surface area contributed by atoms with Crippen LogP contribution in [0.1, 0.15) is 16.8 Å². The highest BCUT2D eigenvalue weighted by molar-refractivity contribution is 7.89. The van der Waals surface area contributed by atoms with Crippen molar-refractivity contribution < 1.29 is 26.3 Å². The SMILES string of the molecule is O=S(=O)(c1ccc(C(F)(F)F)cc1)N1Cc2ccccc2N(Cc2cnc[nH]2)[C@@H](COc2ccccc2)C1. The van der Waals surface area contributed by atoms with Crippen molar-refractivity contribution >= 4 is 15.7 Å². The van der Waals surface area contributed by atoms with Crippen LogP contribution in [-0.4, -0.2) is 41.9 Å². The van der Waals surface area contributed by atoms with E-state index in [1.165, 1.54) is 4.31 Å². The first kappa shape index (κ1) is 25.8. The van der Waals surface area contributed by atoms with Gasteiger partial charge in [0.05, 0.1) is 35.1 Å². The zero-order valence-electron chi connectivity index (χ0n) is 20.2. The smallest absolute Gasteiger partial charge is 0.416 e. The van der Waals surface area contributed by atoms with Gasteiger partial charge in [0.1, 0.15) is 12.4 Å². The molecule has 0 unspecified atom stereocenters. The molecule has 5 rings (SSSR count). The van der Waals surface area contributed by atoms with Crippen molar-refractivity contribution in [3.63, 3.8) is 0 Å². The maximum atomic E-state index is 13.7. The van der Waals surface area contributed by atoms with Gasteiger partial charge in [-0.2, -0.15) is 17.5 Å². The summed E-state index contributed by atoms with van der Waals surface area (Å²) in [6, 6.07) is 19.9. The minimum absolute atomic E-state index is 0.0546. The molecule has 0 fully saturated rings. The summed E-state index contributed by atoms with van der Waals surface area (Å²) in [7, 11) is -4.13. The summed E-state index contributed by atoms with van der Waals surface area (Å²) in [5.74, 6) is 0.642. The number of H-pyrrole nitrogens is 1. The van der Waals surface area contributed by atoms with E-state index in [0.717, 1.165) is 41.2 Å². The highest BCUT2D eigenvalue weighted by Gasteiger charge is 2.36. The van der Waals surface area contributed by atoms with Gasteiger partial charge in [-0.1, -0.05) is 36.4 Å². The number of nitrogens with zero attached hydrogens (tertiary/aromatic N) is 3. The van der Waals surface area contributed by atoms with E-state index in [1.807, 2.05) is 54.6 Å². The van der Waals surface area contributed by atoms with E-state index in [4.69, 9.17) is 4.74 Å². The van der Waals surface area contributed by atoms with Crippen molar-refractivity contribution in [1.82, 2.24) is 14.3 Å². The molecule has 1 N–H and O–H groups in total. The van der Waals surface area contributed by atoms with Crippen molar-refractivity contribution in [2.24, 2.45) is 0 Å². The van der Waals surface area contributed by atoms with Crippen molar-refractivity contribution in [2.45, 2.75) is 30.2 Å². The summed E-state index contributed by atoms with van der Waals surface area (Å²) in [5.41, 5.74) is 1.54. The summed E-state index contributed by atoms with van der Waals surface area (Å²) in [5, 5.41) is 0. The number of aromatic nitrogens is 2. The lowest BCUT2D eigenvalue weighted by Crippen LogP contribution is -2.46. The fourth-order valence-electron chi connectivity index (χ4n) is 4.48. The third kappa shape index (κ3) is 5.53. The first-order valence-corrected chi connectivity index (χ1v) is 13.3. The molecule has 38 heavy (non-hydrogen) atoms. The minimum Gasteiger partial charge on any atom is -0.491 e. The molecular weight excluding hydrogens is 517 g/mol. The molecule has 0 amide bonds. The Labute approximate surface area is 218 Å². The molecule has 1 aromatic heterocycles. The minimum atomic E-state index is -4.56. The van der Waals surface area contributed by atoms with Crippen LogP contribution >= 0.6 is 0 Å². The largest absolute Gasteiger partial charge is 0.491 e. The number of halogens is 3. The molecule has 198 valence electrons. The Balaban J connectivity index is 1.52. The molecule has 1 aliphatic rings. The molecule has 0 saturated heterocycles. The Morgan fingerprint density at radius 1 is 0.974 bits per heavy atom. The van der Waals surface area contributed by atoms with Crippen LogP contribution in [-0.2, 0) is 29.3 Å². The molecular formula is C27H25F3N4O3S. The van der Waals surface area contributed by atoms with Crippen molar-refractivity contribution in [3.8, 4) is 5.75 Å². The zero-order valence-corrected chi connectivity index (χ0v) is 21.0. The van der Waals surface area contributed by atoms with E-state index in [-0.39, 0.29) is 24.6 Å². The Bertz CT molecular complexity index is 1460. The average Bonchev–Trinajstić information content (AvgIpc) is 3.37. The summed E-state index contributed by atoms with van der Waals surface area (Å²) in [6.45, 7) is 0.708.